The topological polar surface area (TPSA) is 24.5 Å². The molecule has 0 bridgehead atoms. The van der Waals surface area contributed by atoms with Crippen LogP contribution in [0.1, 0.15) is 45.4 Å². The molecule has 1 aliphatic heterocycles. The van der Waals surface area contributed by atoms with E-state index >= 15 is 0 Å². The number of ether oxygens (including phenoxy) is 1. The number of nitrogens with zero attached hydrogens (tertiary/aromatic N) is 1. The third-order valence-corrected chi connectivity index (χ3v) is 4.15. The Hall–Kier alpha value is -0.120. The lowest BCUT2D eigenvalue weighted by Gasteiger charge is -2.38. The summed E-state index contributed by atoms with van der Waals surface area (Å²) in [5, 5.41) is 3.78. The van der Waals surface area contributed by atoms with Crippen molar-refractivity contribution in [1.82, 2.24) is 10.2 Å². The van der Waals surface area contributed by atoms with Crippen molar-refractivity contribution in [1.29, 1.82) is 0 Å². The van der Waals surface area contributed by atoms with E-state index in [9.17, 15) is 0 Å². The van der Waals surface area contributed by atoms with Crippen molar-refractivity contribution in [2.45, 2.75) is 57.5 Å². The summed E-state index contributed by atoms with van der Waals surface area (Å²) in [4.78, 5) is 2.67. The second-order valence-corrected chi connectivity index (χ2v) is 5.41. The van der Waals surface area contributed by atoms with Crippen molar-refractivity contribution in [3.8, 4) is 0 Å². The molecule has 1 N–H and O–H groups in total. The predicted molar refractivity (Wildman–Crippen MR) is 71.3 cm³/mol. The van der Waals surface area contributed by atoms with E-state index in [0.717, 1.165) is 38.4 Å². The van der Waals surface area contributed by atoms with Crippen molar-refractivity contribution in [2.24, 2.45) is 0 Å². The summed E-state index contributed by atoms with van der Waals surface area (Å²) >= 11 is 0. The van der Waals surface area contributed by atoms with Crippen LogP contribution in [0.4, 0.5) is 0 Å². The predicted octanol–water partition coefficient (Wildman–Crippen LogP) is 2.02. The number of morpholine rings is 1. The van der Waals surface area contributed by atoms with Crippen molar-refractivity contribution in [2.75, 3.05) is 32.8 Å². The lowest BCUT2D eigenvalue weighted by atomic mass is 10.0. The molecule has 100 valence electrons. The van der Waals surface area contributed by atoms with E-state index in [1.807, 2.05) is 0 Å². The zero-order valence-corrected chi connectivity index (χ0v) is 11.3. The van der Waals surface area contributed by atoms with Gasteiger partial charge in [-0.25, -0.2) is 0 Å². The molecule has 0 radical (unpaired) electrons. The van der Waals surface area contributed by atoms with E-state index in [4.69, 9.17) is 4.74 Å². The summed E-state index contributed by atoms with van der Waals surface area (Å²) in [6, 6.07) is 1.48. The molecule has 2 unspecified atom stereocenters. The fraction of sp³-hybridized carbons (Fsp3) is 1.00. The van der Waals surface area contributed by atoms with Gasteiger partial charge in [0.25, 0.3) is 0 Å². The number of hydrogen-bond donors (Lipinski definition) is 1. The highest BCUT2D eigenvalue weighted by Gasteiger charge is 2.29. The van der Waals surface area contributed by atoms with Crippen molar-refractivity contribution < 1.29 is 4.74 Å². The Morgan fingerprint density at radius 2 is 1.88 bits per heavy atom. The second-order valence-electron chi connectivity index (χ2n) is 5.41. The lowest BCUT2D eigenvalue weighted by molar-refractivity contribution is 0.00632. The van der Waals surface area contributed by atoms with Crippen LogP contribution in [0.5, 0.6) is 0 Å². The van der Waals surface area contributed by atoms with Crippen LogP contribution in [-0.2, 0) is 4.74 Å². The third kappa shape index (κ3) is 3.94. The van der Waals surface area contributed by atoms with Gasteiger partial charge < -0.3 is 10.1 Å². The van der Waals surface area contributed by atoms with Gasteiger partial charge in [-0.2, -0.15) is 0 Å². The molecular weight excluding hydrogens is 212 g/mol. The molecule has 2 rings (SSSR count). The lowest BCUT2D eigenvalue weighted by Crippen LogP contribution is -2.53. The van der Waals surface area contributed by atoms with Crippen LogP contribution in [0.15, 0.2) is 0 Å². The first-order chi connectivity index (χ1) is 8.42. The quantitative estimate of drug-likeness (QED) is 0.761. The van der Waals surface area contributed by atoms with Crippen LogP contribution in [-0.4, -0.2) is 49.8 Å². The summed E-state index contributed by atoms with van der Waals surface area (Å²) in [6.45, 7) is 7.55. The van der Waals surface area contributed by atoms with Crippen LogP contribution in [0.25, 0.3) is 0 Å². The summed E-state index contributed by atoms with van der Waals surface area (Å²) in [5.74, 6) is 0. The van der Waals surface area contributed by atoms with Gasteiger partial charge in [0.2, 0.25) is 0 Å². The van der Waals surface area contributed by atoms with E-state index in [2.05, 4.69) is 17.1 Å². The molecule has 1 saturated heterocycles. The third-order valence-electron chi connectivity index (χ3n) is 4.15. The normalized spacial score (nSPS) is 32.3. The minimum Gasteiger partial charge on any atom is -0.379 e. The van der Waals surface area contributed by atoms with E-state index in [1.165, 1.54) is 45.1 Å². The average Bonchev–Trinajstić information content (AvgIpc) is 2.62. The Kier molecular flexibility index (Phi) is 5.75. The molecule has 1 saturated carbocycles. The largest absolute Gasteiger partial charge is 0.379 e. The highest BCUT2D eigenvalue weighted by Crippen LogP contribution is 2.23. The monoisotopic (exact) mass is 240 g/mol. The first-order valence-corrected chi connectivity index (χ1v) is 7.47. The maximum atomic E-state index is 5.48. The van der Waals surface area contributed by atoms with E-state index in [0.29, 0.717) is 0 Å². The molecule has 3 nitrogen and oxygen atoms in total. The molecule has 3 heteroatoms. The van der Waals surface area contributed by atoms with Crippen molar-refractivity contribution in [3.63, 3.8) is 0 Å². The molecule has 0 aromatic rings. The van der Waals surface area contributed by atoms with Gasteiger partial charge in [0, 0.05) is 25.2 Å². The van der Waals surface area contributed by atoms with Gasteiger partial charge >= 0.3 is 0 Å². The SMILES string of the molecule is CCCNC1CCCCCC1N1CCOCC1. The highest BCUT2D eigenvalue weighted by molar-refractivity contribution is 4.87. The Balaban J connectivity index is 1.92. The molecule has 1 heterocycles. The number of hydrogen-bond acceptors (Lipinski definition) is 3. The van der Waals surface area contributed by atoms with Crippen LogP contribution in [0.3, 0.4) is 0 Å². The molecule has 17 heavy (non-hydrogen) atoms. The van der Waals surface area contributed by atoms with Gasteiger partial charge in [-0.3, -0.25) is 4.90 Å². The first kappa shape index (κ1) is 13.3. The smallest absolute Gasteiger partial charge is 0.0594 e. The average molecular weight is 240 g/mol. The Bertz CT molecular complexity index is 204. The number of nitrogens with one attached hydrogen (secondary N) is 1. The molecule has 2 aliphatic rings. The number of rotatable bonds is 4. The van der Waals surface area contributed by atoms with Gasteiger partial charge in [-0.05, 0) is 25.8 Å². The molecule has 2 fully saturated rings. The van der Waals surface area contributed by atoms with E-state index in [1.54, 1.807) is 0 Å². The molecule has 0 amide bonds. The second kappa shape index (κ2) is 7.34. The van der Waals surface area contributed by atoms with Crippen molar-refractivity contribution in [3.05, 3.63) is 0 Å². The van der Waals surface area contributed by atoms with E-state index < -0.39 is 0 Å². The first-order valence-electron chi connectivity index (χ1n) is 7.47. The van der Waals surface area contributed by atoms with Gasteiger partial charge in [-0.1, -0.05) is 26.2 Å². The Labute approximate surface area is 106 Å². The van der Waals surface area contributed by atoms with Gasteiger partial charge in [-0.15, -0.1) is 0 Å². The fourth-order valence-electron chi connectivity index (χ4n) is 3.20. The molecule has 0 aromatic heterocycles. The molecule has 0 spiro atoms. The van der Waals surface area contributed by atoms with Gasteiger partial charge in [0.1, 0.15) is 0 Å². The molecule has 0 aromatic carbocycles. The zero-order valence-electron chi connectivity index (χ0n) is 11.3. The standard InChI is InChI=1S/C14H28N2O/c1-2-8-15-13-6-4-3-5-7-14(13)16-9-11-17-12-10-16/h13-15H,2-12H2,1H3. The van der Waals surface area contributed by atoms with Crippen LogP contribution in [0, 0.1) is 0 Å². The summed E-state index contributed by atoms with van der Waals surface area (Å²) in [6.07, 6.45) is 8.22. The minimum absolute atomic E-state index is 0.718. The van der Waals surface area contributed by atoms with Crippen LogP contribution >= 0.6 is 0 Å². The van der Waals surface area contributed by atoms with Crippen LogP contribution in [0.2, 0.25) is 0 Å². The Morgan fingerprint density at radius 1 is 1.12 bits per heavy atom. The molecular formula is C14H28N2O. The van der Waals surface area contributed by atoms with Gasteiger partial charge in [0.05, 0.1) is 13.2 Å². The van der Waals surface area contributed by atoms with Crippen LogP contribution < -0.4 is 5.32 Å². The van der Waals surface area contributed by atoms with Crippen molar-refractivity contribution >= 4 is 0 Å². The molecule has 2 atom stereocenters. The summed E-state index contributed by atoms with van der Waals surface area (Å²) in [5.41, 5.74) is 0. The summed E-state index contributed by atoms with van der Waals surface area (Å²) < 4.78 is 5.48. The van der Waals surface area contributed by atoms with Gasteiger partial charge in [0.15, 0.2) is 0 Å². The zero-order chi connectivity index (χ0) is 11.9. The van der Waals surface area contributed by atoms with E-state index in [-0.39, 0.29) is 0 Å². The maximum Gasteiger partial charge on any atom is 0.0594 e. The maximum absolute atomic E-state index is 5.48. The molecule has 1 aliphatic carbocycles. The fourth-order valence-corrected chi connectivity index (χ4v) is 3.20. The highest BCUT2D eigenvalue weighted by atomic mass is 16.5. The Morgan fingerprint density at radius 3 is 2.65 bits per heavy atom. The minimum atomic E-state index is 0.718. The summed E-state index contributed by atoms with van der Waals surface area (Å²) in [7, 11) is 0.